The molecule has 0 aliphatic carbocycles. The lowest BCUT2D eigenvalue weighted by atomic mass is 10.0. The molecule has 3 rings (SSSR count). The molecule has 3 aromatic rings. The molecule has 0 fully saturated rings. The van der Waals surface area contributed by atoms with E-state index in [1.807, 2.05) is 0 Å². The lowest BCUT2D eigenvalue weighted by Crippen LogP contribution is -2.11. The Labute approximate surface area is 171 Å². The molecular weight excluding hydrogens is 407 g/mol. The van der Waals surface area contributed by atoms with Crippen LogP contribution in [0.15, 0.2) is 53.1 Å². The molecule has 0 saturated carbocycles. The van der Waals surface area contributed by atoms with Gasteiger partial charge in [0.2, 0.25) is 0 Å². The molecule has 1 heterocycles. The van der Waals surface area contributed by atoms with Crippen molar-refractivity contribution in [3.63, 3.8) is 0 Å². The van der Waals surface area contributed by atoms with Crippen LogP contribution in [-0.2, 0) is 0 Å². The number of nitrogen functional groups attached to an aromatic ring is 2. The van der Waals surface area contributed by atoms with Crippen LogP contribution in [0.3, 0.4) is 0 Å². The van der Waals surface area contributed by atoms with Gasteiger partial charge in [0.05, 0.1) is 10.5 Å². The Hall–Kier alpha value is -3.43. The van der Waals surface area contributed by atoms with Crippen LogP contribution in [0.2, 0.25) is 0 Å². The zero-order chi connectivity index (χ0) is 18.8. The number of hydrogen-bond donors (Lipinski definition) is 4. The average molecular weight is 423 g/mol. The summed E-state index contributed by atoms with van der Waals surface area (Å²) in [7, 11) is 0. The first kappa shape index (κ1) is 22.6. The largest absolute Gasteiger partial charge is 0.384 e. The first-order valence-electron chi connectivity index (χ1n) is 7.41. The number of hydrogen-bond acceptors (Lipinski definition) is 6. The van der Waals surface area contributed by atoms with Crippen molar-refractivity contribution in [2.75, 3.05) is 0 Å². The van der Waals surface area contributed by atoms with Gasteiger partial charge in [-0.25, -0.2) is 0 Å². The summed E-state index contributed by atoms with van der Waals surface area (Å²) in [6.07, 6.45) is 0. The number of amidine groups is 2. The number of halogens is 2. The fraction of sp³-hybridized carbons (Fsp3) is 0. The molecule has 0 unspecified atom stereocenters. The molecule has 146 valence electrons. The smallest absolute Gasteiger partial charge is 0.281 e. The minimum Gasteiger partial charge on any atom is -0.384 e. The van der Waals surface area contributed by atoms with Gasteiger partial charge >= 0.3 is 0 Å². The third-order valence-corrected chi connectivity index (χ3v) is 3.75. The van der Waals surface area contributed by atoms with Gasteiger partial charge in [0.25, 0.3) is 5.69 Å². The van der Waals surface area contributed by atoms with Crippen LogP contribution in [0.4, 0.5) is 5.69 Å². The Morgan fingerprint density at radius 2 is 1.64 bits per heavy atom. The van der Waals surface area contributed by atoms with Crippen LogP contribution in [0, 0.1) is 20.9 Å². The van der Waals surface area contributed by atoms with Gasteiger partial charge in [-0.15, -0.1) is 24.8 Å². The molecule has 11 heteroatoms. The number of nitrogens with one attached hydrogen (secondary N) is 2. The molecule has 9 nitrogen and oxygen atoms in total. The predicted molar refractivity (Wildman–Crippen MR) is 111 cm³/mol. The van der Waals surface area contributed by atoms with Crippen LogP contribution in [0.1, 0.15) is 11.1 Å². The second-order valence-electron chi connectivity index (χ2n) is 5.47. The minimum absolute atomic E-state index is 0. The number of aromatic nitrogens is 1. The molecule has 0 spiro atoms. The molecule has 0 atom stereocenters. The Kier molecular flexibility index (Phi) is 7.25. The molecule has 28 heavy (non-hydrogen) atoms. The fourth-order valence-electron chi connectivity index (χ4n) is 2.44. The molecule has 0 aliphatic heterocycles. The summed E-state index contributed by atoms with van der Waals surface area (Å²) in [5.74, 6) is -0.139. The highest BCUT2D eigenvalue weighted by atomic mass is 35.5. The van der Waals surface area contributed by atoms with E-state index in [0.717, 1.165) is 0 Å². The van der Waals surface area contributed by atoms with Crippen molar-refractivity contribution < 1.29 is 9.45 Å². The van der Waals surface area contributed by atoms with Gasteiger partial charge in [0, 0.05) is 28.8 Å². The molecule has 2 aromatic carbocycles. The summed E-state index contributed by atoms with van der Waals surface area (Å²) in [5.41, 5.74) is 12.7. The Bertz CT molecular complexity index is 1050. The number of nitro groups is 1. The summed E-state index contributed by atoms with van der Waals surface area (Å²) >= 11 is 0. The maximum atomic E-state index is 11.4. The van der Waals surface area contributed by atoms with Crippen LogP contribution in [0.5, 0.6) is 0 Å². The summed E-state index contributed by atoms with van der Waals surface area (Å²) in [4.78, 5) is 10.8. The normalized spacial score (nSPS) is 9.71. The van der Waals surface area contributed by atoms with Gasteiger partial charge in [-0.05, 0) is 12.1 Å². The van der Waals surface area contributed by atoms with E-state index < -0.39 is 4.92 Å². The number of nitrogens with zero attached hydrogens (tertiary/aromatic N) is 2. The van der Waals surface area contributed by atoms with Gasteiger partial charge in [-0.2, -0.15) is 0 Å². The average Bonchev–Trinajstić information content (AvgIpc) is 3.11. The van der Waals surface area contributed by atoms with E-state index in [0.29, 0.717) is 16.8 Å². The van der Waals surface area contributed by atoms with Gasteiger partial charge in [0.1, 0.15) is 17.4 Å². The Morgan fingerprint density at radius 1 is 1.00 bits per heavy atom. The highest BCUT2D eigenvalue weighted by molar-refractivity contribution is 5.97. The van der Waals surface area contributed by atoms with Crippen molar-refractivity contribution in [3.8, 4) is 22.6 Å². The van der Waals surface area contributed by atoms with E-state index in [1.165, 1.54) is 18.2 Å². The van der Waals surface area contributed by atoms with Crippen LogP contribution in [0.25, 0.3) is 22.6 Å². The SMILES string of the molecule is Cl.Cl.N=C(N)c1cccc(-c2cc(-c3ccc(C(=N)N)cc3[N+](=O)[O-])on2)c1. The number of rotatable bonds is 5. The molecule has 0 radical (unpaired) electrons. The summed E-state index contributed by atoms with van der Waals surface area (Å²) in [5, 5.41) is 30.2. The minimum atomic E-state index is -0.569. The van der Waals surface area contributed by atoms with Crippen molar-refractivity contribution in [1.29, 1.82) is 10.8 Å². The summed E-state index contributed by atoms with van der Waals surface area (Å²) in [6.45, 7) is 0. The van der Waals surface area contributed by atoms with Crippen molar-refractivity contribution in [3.05, 3.63) is 69.8 Å². The molecule has 0 saturated heterocycles. The second kappa shape index (κ2) is 8.98. The van der Waals surface area contributed by atoms with Crippen molar-refractivity contribution in [1.82, 2.24) is 5.16 Å². The van der Waals surface area contributed by atoms with Gasteiger partial charge < -0.3 is 16.0 Å². The number of benzene rings is 2. The molecule has 0 amide bonds. The van der Waals surface area contributed by atoms with Crippen molar-refractivity contribution in [2.45, 2.75) is 0 Å². The molecule has 0 bridgehead atoms. The van der Waals surface area contributed by atoms with E-state index in [-0.39, 0.29) is 59.1 Å². The summed E-state index contributed by atoms with van der Waals surface area (Å²) in [6, 6.07) is 12.6. The maximum Gasteiger partial charge on any atom is 0.281 e. The van der Waals surface area contributed by atoms with Crippen LogP contribution < -0.4 is 11.5 Å². The van der Waals surface area contributed by atoms with E-state index in [9.17, 15) is 10.1 Å². The monoisotopic (exact) mass is 422 g/mol. The first-order valence-corrected chi connectivity index (χ1v) is 7.41. The van der Waals surface area contributed by atoms with E-state index in [1.54, 1.807) is 30.3 Å². The zero-order valence-electron chi connectivity index (χ0n) is 14.2. The number of nitro benzene ring substituents is 1. The van der Waals surface area contributed by atoms with Gasteiger partial charge in [-0.3, -0.25) is 20.9 Å². The summed E-state index contributed by atoms with van der Waals surface area (Å²) < 4.78 is 5.27. The quantitative estimate of drug-likeness (QED) is 0.212. The molecule has 6 N–H and O–H groups in total. The zero-order valence-corrected chi connectivity index (χ0v) is 15.8. The maximum absolute atomic E-state index is 11.4. The van der Waals surface area contributed by atoms with Crippen LogP contribution in [-0.4, -0.2) is 21.8 Å². The highest BCUT2D eigenvalue weighted by Crippen LogP contribution is 2.33. The van der Waals surface area contributed by atoms with Gasteiger partial charge in [-0.1, -0.05) is 29.4 Å². The second-order valence-corrected chi connectivity index (χ2v) is 5.47. The van der Waals surface area contributed by atoms with E-state index in [2.05, 4.69) is 5.16 Å². The topological polar surface area (TPSA) is 169 Å². The predicted octanol–water partition coefficient (Wildman–Crippen LogP) is 3.33. The van der Waals surface area contributed by atoms with E-state index >= 15 is 0 Å². The van der Waals surface area contributed by atoms with Crippen LogP contribution >= 0.6 is 24.8 Å². The molecule has 1 aromatic heterocycles. The third-order valence-electron chi connectivity index (χ3n) is 3.75. The lowest BCUT2D eigenvalue weighted by Gasteiger charge is -2.02. The third kappa shape index (κ3) is 4.45. The number of nitrogens with two attached hydrogens (primary N) is 2. The van der Waals surface area contributed by atoms with Crippen molar-refractivity contribution >= 4 is 42.2 Å². The fourth-order valence-corrected chi connectivity index (χ4v) is 2.44. The first-order chi connectivity index (χ1) is 12.4. The van der Waals surface area contributed by atoms with E-state index in [4.69, 9.17) is 26.8 Å². The standard InChI is InChI=1S/C17H14N6O3.2ClH/c18-16(19)10-3-1-2-9(6-10)13-8-15(26-22-13)12-5-4-11(17(20)21)7-14(12)23(24)25;;/h1-8H,(H3,18,19)(H3,20,21);2*1H. The lowest BCUT2D eigenvalue weighted by molar-refractivity contribution is -0.384. The Balaban J connectivity index is 0.00000196. The Morgan fingerprint density at radius 3 is 2.25 bits per heavy atom. The molecular formula is C17H16Cl2N6O3. The van der Waals surface area contributed by atoms with Gasteiger partial charge in [0.15, 0.2) is 5.76 Å². The van der Waals surface area contributed by atoms with Crippen molar-refractivity contribution in [2.24, 2.45) is 11.5 Å². The highest BCUT2D eigenvalue weighted by Gasteiger charge is 2.21. The molecule has 0 aliphatic rings.